The van der Waals surface area contributed by atoms with Gasteiger partial charge in [0.05, 0.1) is 5.56 Å². The standard InChI is InChI=1S/C15H22N2O3S/c1-12(7-8-21(2)19)17-10-14(18)11-20-15-6-4-3-5-13(15)9-16/h3-6,12,14,17-18H,7-8,10-11H2,1-2H3. The Bertz CT molecular complexity index is 502. The van der Waals surface area contributed by atoms with Crippen LogP contribution in [0.5, 0.6) is 5.75 Å². The monoisotopic (exact) mass is 310 g/mol. The number of aliphatic hydroxyl groups excluding tert-OH is 1. The molecule has 0 heterocycles. The zero-order valence-electron chi connectivity index (χ0n) is 12.4. The van der Waals surface area contributed by atoms with Gasteiger partial charge < -0.3 is 15.2 Å². The van der Waals surface area contributed by atoms with Gasteiger partial charge in [-0.25, -0.2) is 0 Å². The van der Waals surface area contributed by atoms with Crippen LogP contribution in [0.4, 0.5) is 0 Å². The zero-order chi connectivity index (χ0) is 15.7. The third-order valence-electron chi connectivity index (χ3n) is 2.98. The first-order chi connectivity index (χ1) is 10.0. The molecule has 1 aromatic rings. The molecule has 0 saturated heterocycles. The van der Waals surface area contributed by atoms with Crippen LogP contribution in [0, 0.1) is 11.3 Å². The Kier molecular flexibility index (Phi) is 7.98. The van der Waals surface area contributed by atoms with E-state index in [2.05, 4.69) is 5.32 Å². The quantitative estimate of drug-likeness (QED) is 0.712. The molecular weight excluding hydrogens is 288 g/mol. The van der Waals surface area contributed by atoms with E-state index in [-0.39, 0.29) is 12.6 Å². The molecule has 2 N–H and O–H groups in total. The van der Waals surface area contributed by atoms with Gasteiger partial charge in [0.25, 0.3) is 0 Å². The normalized spacial score (nSPS) is 15.0. The van der Waals surface area contributed by atoms with E-state index in [1.54, 1.807) is 30.5 Å². The molecule has 6 heteroatoms. The van der Waals surface area contributed by atoms with Crippen LogP contribution >= 0.6 is 0 Å². The van der Waals surface area contributed by atoms with Crippen molar-refractivity contribution in [1.82, 2.24) is 5.32 Å². The molecule has 3 atom stereocenters. The number of nitrogens with zero attached hydrogens (tertiary/aromatic N) is 1. The summed E-state index contributed by atoms with van der Waals surface area (Å²) in [6.45, 7) is 2.51. The van der Waals surface area contributed by atoms with Crippen molar-refractivity contribution in [3.8, 4) is 11.8 Å². The van der Waals surface area contributed by atoms with Gasteiger partial charge >= 0.3 is 0 Å². The highest BCUT2D eigenvalue weighted by molar-refractivity contribution is 7.84. The SMILES string of the molecule is CC(CCS(C)=O)NCC(O)COc1ccccc1C#N. The molecule has 1 aromatic carbocycles. The van der Waals surface area contributed by atoms with E-state index in [1.165, 1.54) is 0 Å². The van der Waals surface area contributed by atoms with Gasteiger partial charge in [-0.3, -0.25) is 4.21 Å². The van der Waals surface area contributed by atoms with E-state index < -0.39 is 16.9 Å². The molecule has 116 valence electrons. The van der Waals surface area contributed by atoms with Gasteiger partial charge in [-0.2, -0.15) is 5.26 Å². The first kappa shape index (κ1) is 17.6. The van der Waals surface area contributed by atoms with Crippen LogP contribution in [0.25, 0.3) is 0 Å². The van der Waals surface area contributed by atoms with Gasteiger partial charge in [-0.05, 0) is 25.5 Å². The Hall–Kier alpha value is -1.42. The maximum Gasteiger partial charge on any atom is 0.137 e. The highest BCUT2D eigenvalue weighted by atomic mass is 32.2. The number of para-hydroxylation sites is 1. The first-order valence-electron chi connectivity index (χ1n) is 6.86. The summed E-state index contributed by atoms with van der Waals surface area (Å²) < 4.78 is 16.5. The minimum atomic E-state index is -0.790. The highest BCUT2D eigenvalue weighted by Gasteiger charge is 2.10. The predicted molar refractivity (Wildman–Crippen MR) is 83.7 cm³/mol. The number of aliphatic hydroxyl groups is 1. The maximum absolute atomic E-state index is 11.0. The number of hydrogen-bond acceptors (Lipinski definition) is 5. The molecule has 21 heavy (non-hydrogen) atoms. The second-order valence-electron chi connectivity index (χ2n) is 4.95. The molecule has 0 amide bonds. The van der Waals surface area contributed by atoms with Crippen molar-refractivity contribution >= 4 is 10.8 Å². The van der Waals surface area contributed by atoms with Crippen molar-refractivity contribution in [2.24, 2.45) is 0 Å². The number of nitrogens with one attached hydrogen (secondary N) is 1. The lowest BCUT2D eigenvalue weighted by molar-refractivity contribution is 0.104. The number of hydrogen-bond donors (Lipinski definition) is 2. The summed E-state index contributed by atoms with van der Waals surface area (Å²) in [7, 11) is -0.790. The van der Waals surface area contributed by atoms with Gasteiger partial charge in [-0.15, -0.1) is 0 Å². The van der Waals surface area contributed by atoms with E-state index in [0.717, 1.165) is 6.42 Å². The van der Waals surface area contributed by atoms with Crippen LogP contribution in [0.3, 0.4) is 0 Å². The van der Waals surface area contributed by atoms with E-state index in [1.807, 2.05) is 13.0 Å². The van der Waals surface area contributed by atoms with Gasteiger partial charge in [0.15, 0.2) is 0 Å². The van der Waals surface area contributed by atoms with Gasteiger partial charge in [0.1, 0.15) is 24.5 Å². The lowest BCUT2D eigenvalue weighted by Gasteiger charge is -2.17. The average molecular weight is 310 g/mol. The van der Waals surface area contributed by atoms with E-state index >= 15 is 0 Å². The molecule has 0 radical (unpaired) electrons. The Morgan fingerprint density at radius 3 is 2.86 bits per heavy atom. The third kappa shape index (κ3) is 7.23. The van der Waals surface area contributed by atoms with Gasteiger partial charge in [-0.1, -0.05) is 12.1 Å². The summed E-state index contributed by atoms with van der Waals surface area (Å²) in [6, 6.07) is 9.17. The summed E-state index contributed by atoms with van der Waals surface area (Å²) in [5.74, 6) is 1.13. The fourth-order valence-electron chi connectivity index (χ4n) is 1.71. The fraction of sp³-hybridized carbons (Fsp3) is 0.533. The molecule has 0 aliphatic heterocycles. The third-order valence-corrected chi connectivity index (χ3v) is 3.79. The Labute approximate surface area is 128 Å². The molecule has 0 aliphatic carbocycles. The lowest BCUT2D eigenvalue weighted by Crippen LogP contribution is -2.37. The molecule has 5 nitrogen and oxygen atoms in total. The molecule has 0 bridgehead atoms. The molecule has 0 fully saturated rings. The molecule has 3 unspecified atom stereocenters. The average Bonchev–Trinajstić information content (AvgIpc) is 2.49. The summed E-state index contributed by atoms with van der Waals surface area (Å²) in [5.41, 5.74) is 0.455. The van der Waals surface area contributed by atoms with E-state index in [9.17, 15) is 9.32 Å². The fourth-order valence-corrected chi connectivity index (χ4v) is 2.40. The van der Waals surface area contributed by atoms with Gasteiger partial charge in [0, 0.05) is 35.4 Å². The molecule has 0 aliphatic rings. The molecule has 0 aromatic heterocycles. The molecular formula is C15H22N2O3S. The van der Waals surface area contributed by atoms with Crippen molar-refractivity contribution in [2.75, 3.05) is 25.2 Å². The first-order valence-corrected chi connectivity index (χ1v) is 8.59. The lowest BCUT2D eigenvalue weighted by atomic mass is 10.2. The number of benzene rings is 1. The number of nitriles is 1. The van der Waals surface area contributed by atoms with Crippen molar-refractivity contribution in [1.29, 1.82) is 5.26 Å². The largest absolute Gasteiger partial charge is 0.489 e. The smallest absolute Gasteiger partial charge is 0.137 e. The minimum Gasteiger partial charge on any atom is -0.489 e. The highest BCUT2D eigenvalue weighted by Crippen LogP contribution is 2.16. The van der Waals surface area contributed by atoms with Crippen LogP contribution in [0.2, 0.25) is 0 Å². The topological polar surface area (TPSA) is 82.3 Å². The van der Waals surface area contributed by atoms with Crippen molar-refractivity contribution < 1.29 is 14.1 Å². The zero-order valence-corrected chi connectivity index (χ0v) is 13.2. The number of rotatable bonds is 9. The van der Waals surface area contributed by atoms with E-state index in [0.29, 0.717) is 23.6 Å². The number of ether oxygens (including phenoxy) is 1. The maximum atomic E-state index is 11.0. The predicted octanol–water partition coefficient (Wildman–Crippen LogP) is 1.04. The van der Waals surface area contributed by atoms with Crippen molar-refractivity contribution in [2.45, 2.75) is 25.5 Å². The van der Waals surface area contributed by atoms with Crippen molar-refractivity contribution in [3.63, 3.8) is 0 Å². The Morgan fingerprint density at radius 1 is 1.48 bits per heavy atom. The summed E-state index contributed by atoms with van der Waals surface area (Å²) in [4.78, 5) is 0. The Morgan fingerprint density at radius 2 is 2.19 bits per heavy atom. The van der Waals surface area contributed by atoms with Gasteiger partial charge in [0.2, 0.25) is 0 Å². The van der Waals surface area contributed by atoms with Crippen LogP contribution in [-0.2, 0) is 10.8 Å². The Balaban J connectivity index is 2.29. The van der Waals surface area contributed by atoms with Crippen LogP contribution in [0.15, 0.2) is 24.3 Å². The van der Waals surface area contributed by atoms with E-state index in [4.69, 9.17) is 10.00 Å². The van der Waals surface area contributed by atoms with Crippen molar-refractivity contribution in [3.05, 3.63) is 29.8 Å². The van der Waals surface area contributed by atoms with Crippen LogP contribution in [-0.4, -0.2) is 46.6 Å². The second-order valence-corrected chi connectivity index (χ2v) is 6.50. The van der Waals surface area contributed by atoms with Crippen LogP contribution < -0.4 is 10.1 Å². The summed E-state index contributed by atoms with van der Waals surface area (Å²) in [5, 5.41) is 22.0. The molecule has 0 spiro atoms. The summed E-state index contributed by atoms with van der Waals surface area (Å²) >= 11 is 0. The molecule has 0 saturated carbocycles. The second kappa shape index (κ2) is 9.50. The molecule has 1 rings (SSSR count). The minimum absolute atomic E-state index is 0.123. The van der Waals surface area contributed by atoms with Crippen LogP contribution in [0.1, 0.15) is 18.9 Å². The summed E-state index contributed by atoms with van der Waals surface area (Å²) in [6.07, 6.45) is 1.82.